The molecule has 0 rings (SSSR count). The third-order valence-electron chi connectivity index (χ3n) is 2.39. The fraction of sp³-hybridized carbons (Fsp3) is 0.818. The molecule has 16 heavy (non-hydrogen) atoms. The second-order valence-corrected chi connectivity index (χ2v) is 4.46. The molecule has 0 aromatic rings. The molecule has 0 saturated carbocycles. The van der Waals surface area contributed by atoms with Crippen molar-refractivity contribution in [2.24, 2.45) is 0 Å². The van der Waals surface area contributed by atoms with Gasteiger partial charge in [-0.05, 0) is 33.2 Å². The van der Waals surface area contributed by atoms with E-state index >= 15 is 0 Å². The highest BCUT2D eigenvalue weighted by Crippen LogP contribution is 2.05. The highest BCUT2D eigenvalue weighted by Gasteiger charge is 2.16. The number of carbonyl (C=O) groups is 2. The molecule has 3 N–H and O–H groups in total. The van der Waals surface area contributed by atoms with E-state index in [0.717, 1.165) is 6.42 Å². The number of hydrogen-bond acceptors (Lipinski definition) is 3. The Balaban J connectivity index is 3.55. The molecule has 0 atom stereocenters. The summed E-state index contributed by atoms with van der Waals surface area (Å²) in [5, 5.41) is 14.2. The summed E-state index contributed by atoms with van der Waals surface area (Å²) in [6, 6.07) is 0. The van der Waals surface area contributed by atoms with Crippen molar-refractivity contribution in [2.75, 3.05) is 13.1 Å². The molecule has 0 fully saturated rings. The van der Waals surface area contributed by atoms with Crippen LogP contribution in [0.2, 0.25) is 0 Å². The molecule has 0 saturated heterocycles. The first-order valence-electron chi connectivity index (χ1n) is 5.61. The average Bonchev–Trinajstić information content (AvgIpc) is 2.16. The van der Waals surface area contributed by atoms with Crippen molar-refractivity contribution in [1.29, 1.82) is 0 Å². The molecule has 0 aromatic heterocycles. The van der Waals surface area contributed by atoms with Crippen LogP contribution in [0.3, 0.4) is 0 Å². The molecule has 0 spiro atoms. The van der Waals surface area contributed by atoms with E-state index in [0.29, 0.717) is 13.0 Å². The minimum Gasteiger partial charge on any atom is -0.481 e. The lowest BCUT2D eigenvalue weighted by molar-refractivity contribution is -0.137. The van der Waals surface area contributed by atoms with E-state index in [1.165, 1.54) is 0 Å². The fourth-order valence-electron chi connectivity index (χ4n) is 1.08. The van der Waals surface area contributed by atoms with Crippen molar-refractivity contribution in [2.45, 2.75) is 45.6 Å². The van der Waals surface area contributed by atoms with Gasteiger partial charge in [0.25, 0.3) is 0 Å². The summed E-state index contributed by atoms with van der Waals surface area (Å²) in [6.07, 6.45) is 1.55. The molecule has 0 radical (unpaired) electrons. The smallest absolute Gasteiger partial charge is 0.303 e. The highest BCUT2D eigenvalue weighted by atomic mass is 16.4. The summed E-state index contributed by atoms with van der Waals surface area (Å²) in [4.78, 5) is 21.6. The molecule has 5 nitrogen and oxygen atoms in total. The van der Waals surface area contributed by atoms with Crippen LogP contribution in [0.15, 0.2) is 0 Å². The number of hydrogen-bond donors (Lipinski definition) is 3. The molecular weight excluding hydrogens is 208 g/mol. The number of carbonyl (C=O) groups excluding carboxylic acids is 1. The molecule has 0 aliphatic carbocycles. The summed E-state index contributed by atoms with van der Waals surface area (Å²) in [5.41, 5.74) is -0.181. The summed E-state index contributed by atoms with van der Waals surface area (Å²) in [6.45, 7) is 6.74. The Morgan fingerprint density at radius 2 is 1.94 bits per heavy atom. The minimum absolute atomic E-state index is 0.0535. The predicted octanol–water partition coefficient (Wildman–Crippen LogP) is 0.746. The Kier molecular flexibility index (Phi) is 6.72. The normalized spacial score (nSPS) is 11.2. The Hall–Kier alpha value is -1.10. The van der Waals surface area contributed by atoms with Crippen LogP contribution in [0, 0.1) is 0 Å². The Morgan fingerprint density at radius 3 is 2.44 bits per heavy atom. The summed E-state index contributed by atoms with van der Waals surface area (Å²) >= 11 is 0. The molecule has 0 aliphatic heterocycles. The molecular formula is C11H22N2O3. The van der Waals surface area contributed by atoms with Crippen molar-refractivity contribution >= 4 is 11.9 Å². The molecule has 0 aliphatic rings. The maximum atomic E-state index is 11.4. The first-order chi connectivity index (χ1) is 7.37. The van der Waals surface area contributed by atoms with Crippen LogP contribution in [0.5, 0.6) is 0 Å². The van der Waals surface area contributed by atoms with Crippen molar-refractivity contribution in [3.05, 3.63) is 0 Å². The van der Waals surface area contributed by atoms with Gasteiger partial charge in [0.2, 0.25) is 5.91 Å². The maximum absolute atomic E-state index is 11.4. The number of rotatable bonds is 8. The van der Waals surface area contributed by atoms with Gasteiger partial charge in [-0.25, -0.2) is 0 Å². The zero-order valence-corrected chi connectivity index (χ0v) is 10.3. The topological polar surface area (TPSA) is 78.4 Å². The zero-order valence-electron chi connectivity index (χ0n) is 10.3. The van der Waals surface area contributed by atoms with Gasteiger partial charge in [-0.1, -0.05) is 6.92 Å². The van der Waals surface area contributed by atoms with E-state index in [-0.39, 0.29) is 24.4 Å². The lowest BCUT2D eigenvalue weighted by atomic mass is 10.0. The monoisotopic (exact) mass is 230 g/mol. The van der Waals surface area contributed by atoms with Crippen LogP contribution < -0.4 is 10.6 Å². The lowest BCUT2D eigenvalue weighted by Gasteiger charge is -2.24. The largest absolute Gasteiger partial charge is 0.481 e. The van der Waals surface area contributed by atoms with E-state index in [1.54, 1.807) is 0 Å². The van der Waals surface area contributed by atoms with Gasteiger partial charge in [-0.3, -0.25) is 9.59 Å². The van der Waals surface area contributed by atoms with E-state index in [1.807, 2.05) is 20.8 Å². The zero-order chi connectivity index (χ0) is 12.6. The van der Waals surface area contributed by atoms with Gasteiger partial charge in [0.1, 0.15) is 0 Å². The molecule has 5 heteroatoms. The van der Waals surface area contributed by atoms with Crippen molar-refractivity contribution in [3.8, 4) is 0 Å². The Labute approximate surface area is 96.6 Å². The highest BCUT2D eigenvalue weighted by molar-refractivity contribution is 5.78. The molecule has 0 aromatic carbocycles. The SMILES string of the molecule is CCC(C)(C)NC(=O)CNCCCC(=O)O. The molecule has 0 heterocycles. The van der Waals surface area contributed by atoms with Gasteiger partial charge in [0.05, 0.1) is 6.54 Å². The van der Waals surface area contributed by atoms with Gasteiger partial charge in [0, 0.05) is 12.0 Å². The maximum Gasteiger partial charge on any atom is 0.303 e. The number of nitrogens with one attached hydrogen (secondary N) is 2. The number of aliphatic carboxylic acids is 1. The standard InChI is InChI=1S/C11H22N2O3/c1-4-11(2,3)13-9(14)8-12-7-5-6-10(15)16/h12H,4-8H2,1-3H3,(H,13,14)(H,15,16). The lowest BCUT2D eigenvalue weighted by Crippen LogP contribution is -2.46. The van der Waals surface area contributed by atoms with Crippen LogP contribution in [0.25, 0.3) is 0 Å². The molecule has 94 valence electrons. The quantitative estimate of drug-likeness (QED) is 0.538. The second kappa shape index (κ2) is 7.22. The fourth-order valence-corrected chi connectivity index (χ4v) is 1.08. The summed E-state index contributed by atoms with van der Waals surface area (Å²) in [7, 11) is 0. The second-order valence-electron chi connectivity index (χ2n) is 4.46. The van der Waals surface area contributed by atoms with E-state index in [2.05, 4.69) is 10.6 Å². The number of carboxylic acids is 1. The predicted molar refractivity (Wildman–Crippen MR) is 62.3 cm³/mol. The average molecular weight is 230 g/mol. The van der Waals surface area contributed by atoms with Crippen LogP contribution in [-0.2, 0) is 9.59 Å². The molecule has 0 bridgehead atoms. The van der Waals surface area contributed by atoms with Crippen LogP contribution in [-0.4, -0.2) is 35.6 Å². The first-order valence-corrected chi connectivity index (χ1v) is 5.61. The van der Waals surface area contributed by atoms with Crippen molar-refractivity contribution in [1.82, 2.24) is 10.6 Å². The van der Waals surface area contributed by atoms with Crippen molar-refractivity contribution in [3.63, 3.8) is 0 Å². The third kappa shape index (κ3) is 8.23. The summed E-state index contributed by atoms with van der Waals surface area (Å²) < 4.78 is 0. The number of carboxylic acid groups (broad SMARTS) is 1. The van der Waals surface area contributed by atoms with Gasteiger partial charge >= 0.3 is 5.97 Å². The van der Waals surface area contributed by atoms with Gasteiger partial charge in [-0.15, -0.1) is 0 Å². The van der Waals surface area contributed by atoms with Gasteiger partial charge in [0.15, 0.2) is 0 Å². The third-order valence-corrected chi connectivity index (χ3v) is 2.39. The Morgan fingerprint density at radius 1 is 1.31 bits per heavy atom. The van der Waals surface area contributed by atoms with Crippen molar-refractivity contribution < 1.29 is 14.7 Å². The van der Waals surface area contributed by atoms with E-state index in [9.17, 15) is 9.59 Å². The van der Waals surface area contributed by atoms with Crippen LogP contribution in [0.4, 0.5) is 0 Å². The molecule has 1 amide bonds. The Bertz CT molecular complexity index is 239. The minimum atomic E-state index is -0.807. The molecule has 0 unspecified atom stereocenters. The van der Waals surface area contributed by atoms with Crippen LogP contribution in [0.1, 0.15) is 40.0 Å². The van der Waals surface area contributed by atoms with Gasteiger partial charge < -0.3 is 15.7 Å². The van der Waals surface area contributed by atoms with E-state index < -0.39 is 5.97 Å². The van der Waals surface area contributed by atoms with Gasteiger partial charge in [-0.2, -0.15) is 0 Å². The van der Waals surface area contributed by atoms with E-state index in [4.69, 9.17) is 5.11 Å². The van der Waals surface area contributed by atoms with Crippen LogP contribution >= 0.6 is 0 Å². The first kappa shape index (κ1) is 14.9. The number of amides is 1. The summed E-state index contributed by atoms with van der Waals surface area (Å²) in [5.74, 6) is -0.861.